The molecule has 4 nitrogen and oxygen atoms in total. The predicted octanol–water partition coefficient (Wildman–Crippen LogP) is 1.10. The Morgan fingerprint density at radius 1 is 1.21 bits per heavy atom. The Morgan fingerprint density at radius 3 is 2.42 bits per heavy atom. The molecule has 4 heteroatoms. The molecule has 1 aliphatic heterocycles. The van der Waals surface area contributed by atoms with Gasteiger partial charge < -0.3 is 14.9 Å². The van der Waals surface area contributed by atoms with Crippen LogP contribution in [-0.4, -0.2) is 33.5 Å². The maximum absolute atomic E-state index is 12.3. The summed E-state index contributed by atoms with van der Waals surface area (Å²) in [5.41, 5.74) is -3.25. The van der Waals surface area contributed by atoms with Gasteiger partial charge in [0.1, 0.15) is 11.7 Å². The summed E-state index contributed by atoms with van der Waals surface area (Å²) in [7, 11) is 0. The van der Waals surface area contributed by atoms with Crippen molar-refractivity contribution in [1.82, 2.24) is 0 Å². The maximum Gasteiger partial charge on any atom is 0.339 e. The van der Waals surface area contributed by atoms with Gasteiger partial charge >= 0.3 is 5.97 Å². The molecule has 1 heterocycles. The molecule has 0 amide bonds. The van der Waals surface area contributed by atoms with Crippen LogP contribution >= 0.6 is 0 Å². The average Bonchev–Trinajstić information content (AvgIpc) is 2.49. The zero-order valence-electron chi connectivity index (χ0n) is 11.9. The molecule has 0 spiro atoms. The summed E-state index contributed by atoms with van der Waals surface area (Å²) in [5, 5.41) is 22.2. The normalized spacial score (nSPS) is 64.4. The average molecular weight is 266 g/mol. The molecule has 3 aliphatic carbocycles. The summed E-state index contributed by atoms with van der Waals surface area (Å²) >= 11 is 0. The van der Waals surface area contributed by atoms with E-state index in [0.29, 0.717) is 6.42 Å². The molecule has 1 saturated heterocycles. The van der Waals surface area contributed by atoms with Crippen molar-refractivity contribution < 1.29 is 19.7 Å². The van der Waals surface area contributed by atoms with Gasteiger partial charge in [-0.1, -0.05) is 27.7 Å². The minimum Gasteiger partial charge on any atom is -0.457 e. The Balaban J connectivity index is 1.98. The number of fused-ring (bicyclic) bond motifs is 2. The zero-order valence-corrected chi connectivity index (χ0v) is 11.9. The summed E-state index contributed by atoms with van der Waals surface area (Å²) in [5.74, 6) is -0.276. The predicted molar refractivity (Wildman–Crippen MR) is 67.0 cm³/mol. The molecule has 19 heavy (non-hydrogen) atoms. The van der Waals surface area contributed by atoms with Gasteiger partial charge in [0.15, 0.2) is 5.60 Å². The van der Waals surface area contributed by atoms with E-state index in [1.54, 1.807) is 0 Å². The molecule has 3 saturated carbocycles. The lowest BCUT2D eigenvalue weighted by molar-refractivity contribution is -0.236. The van der Waals surface area contributed by atoms with Crippen molar-refractivity contribution in [2.24, 2.45) is 28.6 Å². The third-order valence-electron chi connectivity index (χ3n) is 7.20. The van der Waals surface area contributed by atoms with Crippen LogP contribution in [0.4, 0.5) is 0 Å². The highest BCUT2D eigenvalue weighted by Gasteiger charge is 2.88. The number of rotatable bonds is 0. The molecule has 0 aromatic rings. The first-order chi connectivity index (χ1) is 8.60. The Kier molecular flexibility index (Phi) is 1.74. The zero-order chi connectivity index (χ0) is 14.0. The number of esters is 1. The van der Waals surface area contributed by atoms with Crippen LogP contribution in [0.1, 0.15) is 40.5 Å². The second kappa shape index (κ2) is 2.73. The van der Waals surface area contributed by atoms with Crippen LogP contribution in [0.2, 0.25) is 0 Å². The Morgan fingerprint density at radius 2 is 1.84 bits per heavy atom. The second-order valence-electron chi connectivity index (χ2n) is 8.14. The van der Waals surface area contributed by atoms with E-state index in [1.165, 1.54) is 0 Å². The number of hydrogen-bond acceptors (Lipinski definition) is 4. The van der Waals surface area contributed by atoms with E-state index in [-0.39, 0.29) is 23.2 Å². The van der Waals surface area contributed by atoms with Gasteiger partial charge in [0.25, 0.3) is 0 Å². The SMILES string of the molecule is C[C@@H]1C[C@@]2(O)C(=O)O[C@@H]3[C@H]4[C@H](CC4(C)C)[C@]2(C)[C@]13O. The van der Waals surface area contributed by atoms with Crippen molar-refractivity contribution in [3.05, 3.63) is 0 Å². The minimum absolute atomic E-state index is 0.0731. The first kappa shape index (κ1) is 12.2. The first-order valence-corrected chi connectivity index (χ1v) is 7.26. The van der Waals surface area contributed by atoms with Crippen LogP contribution in [-0.2, 0) is 9.53 Å². The fourth-order valence-corrected chi connectivity index (χ4v) is 6.18. The van der Waals surface area contributed by atoms with E-state index >= 15 is 0 Å². The number of carbonyl (C=O) groups excluding carboxylic acids is 1. The van der Waals surface area contributed by atoms with Crippen LogP contribution in [0, 0.1) is 28.6 Å². The van der Waals surface area contributed by atoms with Gasteiger partial charge in [-0.3, -0.25) is 0 Å². The number of ether oxygens (including phenoxy) is 1. The van der Waals surface area contributed by atoms with E-state index in [9.17, 15) is 15.0 Å². The van der Waals surface area contributed by atoms with Crippen LogP contribution in [0.5, 0.6) is 0 Å². The molecule has 7 atom stereocenters. The Hall–Kier alpha value is -0.610. The third kappa shape index (κ3) is 0.855. The number of carbonyl (C=O) groups is 1. The lowest BCUT2D eigenvalue weighted by Gasteiger charge is -2.54. The smallest absolute Gasteiger partial charge is 0.339 e. The van der Waals surface area contributed by atoms with Crippen molar-refractivity contribution in [2.75, 3.05) is 0 Å². The molecule has 0 unspecified atom stereocenters. The first-order valence-electron chi connectivity index (χ1n) is 7.26. The monoisotopic (exact) mass is 266 g/mol. The molecule has 4 aliphatic rings. The summed E-state index contributed by atoms with van der Waals surface area (Å²) in [6.45, 7) is 8.17. The van der Waals surface area contributed by atoms with Crippen molar-refractivity contribution in [3.63, 3.8) is 0 Å². The highest BCUT2D eigenvalue weighted by Crippen LogP contribution is 2.79. The summed E-state index contributed by atoms with van der Waals surface area (Å²) in [6, 6.07) is 0. The molecule has 4 fully saturated rings. The Labute approximate surface area is 113 Å². The molecular weight excluding hydrogens is 244 g/mol. The molecule has 106 valence electrons. The fraction of sp³-hybridized carbons (Fsp3) is 0.933. The van der Waals surface area contributed by atoms with Gasteiger partial charge in [-0.25, -0.2) is 4.79 Å². The topological polar surface area (TPSA) is 66.8 Å². The highest BCUT2D eigenvalue weighted by atomic mass is 16.6. The molecule has 0 aromatic heterocycles. The van der Waals surface area contributed by atoms with E-state index in [4.69, 9.17) is 4.74 Å². The van der Waals surface area contributed by atoms with Gasteiger partial charge in [-0.05, 0) is 30.1 Å². The van der Waals surface area contributed by atoms with Crippen LogP contribution in [0.15, 0.2) is 0 Å². The van der Waals surface area contributed by atoms with Gasteiger partial charge in [0.05, 0.1) is 0 Å². The van der Waals surface area contributed by atoms with E-state index in [2.05, 4.69) is 13.8 Å². The van der Waals surface area contributed by atoms with Gasteiger partial charge in [0.2, 0.25) is 0 Å². The molecular formula is C15H22O4. The minimum atomic E-state index is -1.51. The van der Waals surface area contributed by atoms with Gasteiger partial charge in [-0.15, -0.1) is 0 Å². The summed E-state index contributed by atoms with van der Waals surface area (Å²) < 4.78 is 5.54. The van der Waals surface area contributed by atoms with E-state index < -0.39 is 28.7 Å². The van der Waals surface area contributed by atoms with Crippen LogP contribution in [0.25, 0.3) is 0 Å². The summed E-state index contributed by atoms with van der Waals surface area (Å²) in [6.07, 6.45) is 0.814. The molecule has 0 aromatic carbocycles. The van der Waals surface area contributed by atoms with Gasteiger partial charge in [-0.2, -0.15) is 0 Å². The quantitative estimate of drug-likeness (QED) is 0.644. The number of hydrogen-bond donors (Lipinski definition) is 2. The fourth-order valence-electron chi connectivity index (χ4n) is 6.18. The van der Waals surface area contributed by atoms with Crippen LogP contribution < -0.4 is 0 Å². The third-order valence-corrected chi connectivity index (χ3v) is 7.20. The second-order valence-corrected chi connectivity index (χ2v) is 8.14. The van der Waals surface area contributed by atoms with Crippen LogP contribution in [0.3, 0.4) is 0 Å². The largest absolute Gasteiger partial charge is 0.457 e. The van der Waals surface area contributed by atoms with E-state index in [1.807, 2.05) is 13.8 Å². The number of aliphatic hydroxyl groups is 2. The lowest BCUT2D eigenvalue weighted by Crippen LogP contribution is -2.65. The standard InChI is InChI=1S/C15H22O4/c1-7-5-14(17)11(16)19-10-9-8(6-12(9,2)3)13(14,4)15(7,10)18/h7-10,17-18H,5-6H2,1-4H3/t7-,8+,9-,10-,13+,14-,15+/m1/s1. The van der Waals surface area contributed by atoms with Crippen molar-refractivity contribution in [2.45, 2.75) is 57.8 Å². The lowest BCUT2D eigenvalue weighted by atomic mass is 9.50. The Bertz CT molecular complexity index is 500. The molecule has 0 radical (unpaired) electrons. The van der Waals surface area contributed by atoms with E-state index in [0.717, 1.165) is 6.42 Å². The highest BCUT2D eigenvalue weighted by molar-refractivity contribution is 5.84. The maximum atomic E-state index is 12.3. The molecule has 4 rings (SSSR count). The van der Waals surface area contributed by atoms with Crippen molar-refractivity contribution in [1.29, 1.82) is 0 Å². The van der Waals surface area contributed by atoms with Gasteiger partial charge in [0, 0.05) is 11.3 Å². The molecule has 2 N–H and O–H groups in total. The molecule has 4 bridgehead atoms. The van der Waals surface area contributed by atoms with Crippen molar-refractivity contribution >= 4 is 5.97 Å². The van der Waals surface area contributed by atoms with Crippen molar-refractivity contribution in [3.8, 4) is 0 Å². The summed E-state index contributed by atoms with van der Waals surface area (Å²) in [4.78, 5) is 12.3.